The molecule has 0 radical (unpaired) electrons. The molecular formula is C11H17N3O3. The van der Waals surface area contributed by atoms with Crippen molar-refractivity contribution >= 4 is 6.21 Å². The summed E-state index contributed by atoms with van der Waals surface area (Å²) in [5.74, 6) is 0.168. The van der Waals surface area contributed by atoms with E-state index in [-0.39, 0.29) is 5.56 Å². The first kappa shape index (κ1) is 13.2. The smallest absolute Gasteiger partial charge is 0.328 e. The molecule has 0 unspecified atom stereocenters. The van der Waals surface area contributed by atoms with Crippen molar-refractivity contribution in [2.45, 2.75) is 26.7 Å². The number of aromatic amines is 2. The van der Waals surface area contributed by atoms with Crippen molar-refractivity contribution < 1.29 is 5.11 Å². The molecule has 0 aromatic carbocycles. The van der Waals surface area contributed by atoms with Gasteiger partial charge in [0.2, 0.25) is 5.88 Å². The van der Waals surface area contributed by atoms with E-state index in [0.717, 1.165) is 12.8 Å². The van der Waals surface area contributed by atoms with Crippen molar-refractivity contribution in [1.29, 1.82) is 0 Å². The molecule has 1 heterocycles. The van der Waals surface area contributed by atoms with Gasteiger partial charge in [0.05, 0.1) is 0 Å². The van der Waals surface area contributed by atoms with Crippen LogP contribution < -0.4 is 11.2 Å². The summed E-state index contributed by atoms with van der Waals surface area (Å²) in [6.07, 6.45) is 3.27. The van der Waals surface area contributed by atoms with E-state index in [2.05, 4.69) is 23.8 Å². The van der Waals surface area contributed by atoms with Gasteiger partial charge < -0.3 is 5.11 Å². The Morgan fingerprint density at radius 2 is 2.06 bits per heavy atom. The summed E-state index contributed by atoms with van der Waals surface area (Å²) in [6.45, 7) is 4.85. The van der Waals surface area contributed by atoms with Crippen LogP contribution in [-0.4, -0.2) is 27.8 Å². The molecule has 6 heteroatoms. The van der Waals surface area contributed by atoms with Crippen molar-refractivity contribution in [3.8, 4) is 5.88 Å². The van der Waals surface area contributed by atoms with Crippen LogP contribution in [0.2, 0.25) is 0 Å². The Balaban J connectivity index is 2.66. The Kier molecular flexibility index (Phi) is 4.68. The minimum Gasteiger partial charge on any atom is -0.494 e. The molecule has 6 nitrogen and oxygen atoms in total. The monoisotopic (exact) mass is 239 g/mol. The zero-order chi connectivity index (χ0) is 12.8. The predicted molar refractivity (Wildman–Crippen MR) is 65.9 cm³/mol. The van der Waals surface area contributed by atoms with E-state index >= 15 is 0 Å². The number of aliphatic imine (C=N–C) groups is 1. The van der Waals surface area contributed by atoms with E-state index in [1.54, 1.807) is 0 Å². The number of rotatable bonds is 5. The highest BCUT2D eigenvalue weighted by Gasteiger charge is 2.04. The lowest BCUT2D eigenvalue weighted by Gasteiger charge is -2.00. The zero-order valence-electron chi connectivity index (χ0n) is 9.99. The SMILES string of the molecule is CC(C)CCCN=Cc1c(O)[nH]c(=O)[nH]c1=O. The maximum Gasteiger partial charge on any atom is 0.328 e. The van der Waals surface area contributed by atoms with Gasteiger partial charge in [-0.1, -0.05) is 13.8 Å². The lowest BCUT2D eigenvalue weighted by atomic mass is 10.1. The van der Waals surface area contributed by atoms with Gasteiger partial charge in [-0.2, -0.15) is 0 Å². The van der Waals surface area contributed by atoms with Crippen molar-refractivity contribution in [2.24, 2.45) is 10.9 Å². The summed E-state index contributed by atoms with van der Waals surface area (Å²) in [5, 5.41) is 9.35. The molecule has 0 spiro atoms. The van der Waals surface area contributed by atoms with Gasteiger partial charge in [-0.15, -0.1) is 0 Å². The van der Waals surface area contributed by atoms with E-state index in [4.69, 9.17) is 0 Å². The number of hydrogen-bond donors (Lipinski definition) is 3. The highest BCUT2D eigenvalue weighted by molar-refractivity contribution is 5.81. The van der Waals surface area contributed by atoms with Gasteiger partial charge in [0, 0.05) is 12.8 Å². The number of nitrogens with one attached hydrogen (secondary N) is 2. The lowest BCUT2D eigenvalue weighted by molar-refractivity contribution is 0.447. The molecule has 0 saturated carbocycles. The second-order valence-electron chi connectivity index (χ2n) is 4.24. The predicted octanol–water partition coefficient (Wildman–Crippen LogP) is 0.624. The summed E-state index contributed by atoms with van der Waals surface area (Å²) in [5.41, 5.74) is -1.39. The second-order valence-corrected chi connectivity index (χ2v) is 4.24. The number of hydrogen-bond acceptors (Lipinski definition) is 4. The summed E-state index contributed by atoms with van der Waals surface area (Å²) < 4.78 is 0. The molecule has 3 N–H and O–H groups in total. The van der Waals surface area contributed by atoms with E-state index in [0.29, 0.717) is 12.5 Å². The van der Waals surface area contributed by atoms with E-state index in [1.165, 1.54) is 6.21 Å². The molecule has 0 atom stereocenters. The van der Waals surface area contributed by atoms with E-state index in [1.807, 2.05) is 4.98 Å². The van der Waals surface area contributed by atoms with Gasteiger partial charge in [-0.05, 0) is 18.8 Å². The van der Waals surface area contributed by atoms with Gasteiger partial charge in [-0.25, -0.2) is 4.79 Å². The van der Waals surface area contributed by atoms with Crippen LogP contribution in [0.4, 0.5) is 0 Å². The fourth-order valence-electron chi connectivity index (χ4n) is 1.35. The highest BCUT2D eigenvalue weighted by atomic mass is 16.3. The van der Waals surface area contributed by atoms with Gasteiger partial charge in [0.15, 0.2) is 0 Å². The second kappa shape index (κ2) is 6.03. The van der Waals surface area contributed by atoms with Gasteiger partial charge in [0.25, 0.3) is 5.56 Å². The van der Waals surface area contributed by atoms with Crippen LogP contribution in [0, 0.1) is 5.92 Å². The first-order chi connectivity index (χ1) is 8.00. The highest BCUT2D eigenvalue weighted by Crippen LogP contribution is 2.04. The maximum absolute atomic E-state index is 11.3. The summed E-state index contributed by atoms with van der Waals surface area (Å²) >= 11 is 0. The average molecular weight is 239 g/mol. The average Bonchev–Trinajstić information content (AvgIpc) is 2.20. The summed E-state index contributed by atoms with van der Waals surface area (Å²) in [7, 11) is 0. The van der Waals surface area contributed by atoms with E-state index in [9.17, 15) is 14.7 Å². The Morgan fingerprint density at radius 3 is 2.65 bits per heavy atom. The molecule has 0 fully saturated rings. The molecule has 1 rings (SSSR count). The molecule has 0 aliphatic heterocycles. The van der Waals surface area contributed by atoms with Crippen LogP contribution in [-0.2, 0) is 0 Å². The third-order valence-corrected chi connectivity index (χ3v) is 2.25. The number of H-pyrrole nitrogens is 2. The van der Waals surface area contributed by atoms with Crippen LogP contribution in [0.1, 0.15) is 32.3 Å². The molecule has 0 aliphatic carbocycles. The van der Waals surface area contributed by atoms with Crippen LogP contribution in [0.25, 0.3) is 0 Å². The minimum absolute atomic E-state index is 0.0193. The van der Waals surface area contributed by atoms with Crippen molar-refractivity contribution in [1.82, 2.24) is 9.97 Å². The van der Waals surface area contributed by atoms with Crippen LogP contribution in [0.5, 0.6) is 5.88 Å². The minimum atomic E-state index is -0.732. The Bertz CT molecular complexity index is 499. The Morgan fingerprint density at radius 1 is 1.35 bits per heavy atom. The number of aromatic hydroxyl groups is 1. The van der Waals surface area contributed by atoms with Crippen molar-refractivity contribution in [2.75, 3.05) is 6.54 Å². The zero-order valence-corrected chi connectivity index (χ0v) is 9.99. The normalized spacial score (nSPS) is 11.5. The van der Waals surface area contributed by atoms with Gasteiger partial charge in [0.1, 0.15) is 5.56 Å². The fourth-order valence-corrected chi connectivity index (χ4v) is 1.35. The molecule has 0 amide bonds. The van der Waals surface area contributed by atoms with Crippen LogP contribution in [0.3, 0.4) is 0 Å². The molecule has 0 saturated heterocycles. The summed E-state index contributed by atoms with van der Waals surface area (Å²) in [6, 6.07) is 0. The standard InChI is InChI=1S/C11H17N3O3/c1-7(2)4-3-5-12-6-8-9(15)13-11(17)14-10(8)16/h6-7H,3-5H2,1-2H3,(H3,13,14,15,16,17). The molecule has 94 valence electrons. The molecule has 0 bridgehead atoms. The molecular weight excluding hydrogens is 222 g/mol. The first-order valence-electron chi connectivity index (χ1n) is 5.56. The fraction of sp³-hybridized carbons (Fsp3) is 0.545. The van der Waals surface area contributed by atoms with Crippen LogP contribution in [0.15, 0.2) is 14.6 Å². The van der Waals surface area contributed by atoms with E-state index < -0.39 is 17.1 Å². The topological polar surface area (TPSA) is 98.3 Å². The van der Waals surface area contributed by atoms with Crippen molar-refractivity contribution in [3.05, 3.63) is 26.4 Å². The molecule has 1 aromatic heterocycles. The molecule has 17 heavy (non-hydrogen) atoms. The maximum atomic E-state index is 11.3. The van der Waals surface area contributed by atoms with Crippen molar-refractivity contribution in [3.63, 3.8) is 0 Å². The molecule has 1 aromatic rings. The quantitative estimate of drug-likeness (QED) is 0.519. The Hall–Kier alpha value is -1.85. The van der Waals surface area contributed by atoms with Gasteiger partial charge in [-0.3, -0.25) is 19.8 Å². The molecule has 0 aliphatic rings. The Labute approximate surface area is 98.4 Å². The first-order valence-corrected chi connectivity index (χ1v) is 5.56. The largest absolute Gasteiger partial charge is 0.494 e. The van der Waals surface area contributed by atoms with Gasteiger partial charge >= 0.3 is 5.69 Å². The summed E-state index contributed by atoms with van der Waals surface area (Å²) in [4.78, 5) is 30.3. The number of aromatic nitrogens is 2. The lowest BCUT2D eigenvalue weighted by Crippen LogP contribution is -2.24. The van der Waals surface area contributed by atoms with Crippen LogP contribution >= 0.6 is 0 Å². The number of nitrogens with zero attached hydrogens (tertiary/aromatic N) is 1. The third-order valence-electron chi connectivity index (χ3n) is 2.25. The third kappa shape index (κ3) is 4.26.